The number of aliphatic hydroxyl groups excluding tert-OH is 2. The van der Waals surface area contributed by atoms with Gasteiger partial charge in [-0.15, -0.1) is 0 Å². The van der Waals surface area contributed by atoms with Gasteiger partial charge >= 0.3 is 23.9 Å². The molecule has 1 aliphatic heterocycles. The van der Waals surface area contributed by atoms with Crippen LogP contribution in [0, 0.1) is 16.7 Å². The van der Waals surface area contributed by atoms with Crippen molar-refractivity contribution in [2.45, 2.75) is 122 Å². The highest BCUT2D eigenvalue weighted by molar-refractivity contribution is 5.96. The molecule has 3 aliphatic carbocycles. The highest BCUT2D eigenvalue weighted by Gasteiger charge is 2.78. The number of esters is 4. The molecule has 2 bridgehead atoms. The third-order valence-electron chi connectivity index (χ3n) is 13.2. The van der Waals surface area contributed by atoms with Crippen LogP contribution in [0.1, 0.15) is 90.2 Å². The van der Waals surface area contributed by atoms with Crippen LogP contribution in [0.3, 0.4) is 0 Å². The van der Waals surface area contributed by atoms with E-state index in [2.05, 4.69) is 5.32 Å². The van der Waals surface area contributed by atoms with Gasteiger partial charge in [-0.05, 0) is 56.5 Å². The minimum absolute atomic E-state index is 0.00140. The monoisotopic (exact) mass is 831 g/mol. The molecule has 11 atom stereocenters. The van der Waals surface area contributed by atoms with E-state index in [1.165, 1.54) is 26.0 Å². The first-order chi connectivity index (χ1) is 28.1. The summed E-state index contributed by atoms with van der Waals surface area (Å²) in [6.45, 7) is 11.2. The Labute approximate surface area is 348 Å². The van der Waals surface area contributed by atoms with Crippen molar-refractivity contribution in [1.29, 1.82) is 0 Å². The van der Waals surface area contributed by atoms with Crippen LogP contribution in [0.5, 0.6) is 0 Å². The van der Waals surface area contributed by atoms with Crippen molar-refractivity contribution in [3.8, 4) is 0 Å². The van der Waals surface area contributed by atoms with E-state index in [4.69, 9.17) is 23.7 Å². The lowest BCUT2D eigenvalue weighted by molar-refractivity contribution is -0.346. The maximum Gasteiger partial charge on any atom is 0.338 e. The Morgan fingerprint density at radius 2 is 1.53 bits per heavy atom. The zero-order valence-electron chi connectivity index (χ0n) is 34.9. The van der Waals surface area contributed by atoms with Crippen molar-refractivity contribution < 1.29 is 67.8 Å². The second kappa shape index (κ2) is 16.3. The van der Waals surface area contributed by atoms with Gasteiger partial charge in [0.2, 0.25) is 5.91 Å². The van der Waals surface area contributed by atoms with E-state index >= 15 is 4.79 Å². The van der Waals surface area contributed by atoms with Crippen molar-refractivity contribution in [3.05, 3.63) is 94.6 Å². The summed E-state index contributed by atoms with van der Waals surface area (Å²) in [6, 6.07) is 14.8. The smallest absolute Gasteiger partial charge is 0.338 e. The number of amides is 1. The quantitative estimate of drug-likeness (QED) is 0.117. The summed E-state index contributed by atoms with van der Waals surface area (Å²) in [5, 5.41) is 40.0. The third-order valence-corrected chi connectivity index (χ3v) is 13.2. The summed E-state index contributed by atoms with van der Waals surface area (Å²) in [7, 11) is 0. The fourth-order valence-corrected chi connectivity index (χ4v) is 9.75. The number of Topliss-reactive ketones (excluding diaryl/α,β-unsaturated/α-hetero) is 1. The minimum atomic E-state index is -2.38. The Balaban J connectivity index is 1.56. The van der Waals surface area contributed by atoms with Crippen LogP contribution in [-0.2, 0) is 47.7 Å². The molecular formula is C45H53NO14. The van der Waals surface area contributed by atoms with E-state index < -0.39 is 113 Å². The van der Waals surface area contributed by atoms with Crippen molar-refractivity contribution in [3.63, 3.8) is 0 Å². The third kappa shape index (κ3) is 7.24. The van der Waals surface area contributed by atoms with Crippen LogP contribution < -0.4 is 5.32 Å². The van der Waals surface area contributed by atoms with Gasteiger partial charge in [-0.2, -0.15) is 0 Å². The van der Waals surface area contributed by atoms with Crippen LogP contribution in [0.25, 0.3) is 0 Å². The molecule has 60 heavy (non-hydrogen) atoms. The first kappa shape index (κ1) is 44.3. The highest BCUT2D eigenvalue weighted by Crippen LogP contribution is 2.64. The van der Waals surface area contributed by atoms with E-state index in [-0.39, 0.29) is 29.7 Å². The summed E-state index contributed by atoms with van der Waals surface area (Å²) < 4.78 is 30.2. The number of ether oxygens (including phenoxy) is 5. The lowest BCUT2D eigenvalue weighted by Crippen LogP contribution is -2.82. The molecule has 2 aromatic carbocycles. The van der Waals surface area contributed by atoms with E-state index in [9.17, 15) is 39.3 Å². The van der Waals surface area contributed by atoms with E-state index in [0.29, 0.717) is 11.1 Å². The van der Waals surface area contributed by atoms with Gasteiger partial charge in [0.05, 0.1) is 35.6 Å². The largest absolute Gasteiger partial charge is 0.456 e. The number of fused-ring (bicyclic) bond motifs is 5. The van der Waals surface area contributed by atoms with Gasteiger partial charge in [-0.1, -0.05) is 68.5 Å². The average Bonchev–Trinajstić information content (AvgIpc) is 3.20. The molecule has 1 saturated heterocycles. The Morgan fingerprint density at radius 1 is 0.917 bits per heavy atom. The van der Waals surface area contributed by atoms with E-state index in [1.807, 2.05) is 0 Å². The van der Waals surface area contributed by atoms with Crippen LogP contribution >= 0.6 is 0 Å². The molecule has 0 radical (unpaired) electrons. The van der Waals surface area contributed by atoms with Crippen molar-refractivity contribution >= 4 is 35.6 Å². The normalized spacial score (nSPS) is 32.9. The van der Waals surface area contributed by atoms with E-state index in [0.717, 1.165) is 13.8 Å². The molecule has 4 aliphatic rings. The van der Waals surface area contributed by atoms with Crippen LogP contribution in [-0.4, -0.2) is 105 Å². The van der Waals surface area contributed by atoms with Gasteiger partial charge in [-0.25, -0.2) is 9.59 Å². The predicted octanol–water partition coefficient (Wildman–Crippen LogP) is 3.39. The zero-order valence-corrected chi connectivity index (χ0v) is 34.9. The SMILES string of the molecule is CC=C(C)C(=O)NC(c1ccccc1)C(O)C(=O)O[C@H]1C[C@@]2(O)[C@@H](OC(=O)c3ccccc3)C3[C@]4(OC(C)=O)COC4C[C@H](O)[C@@]3(C)C(=O)[C@H](OC(C)=O)C(=C1C)C2(C)C. The van der Waals surface area contributed by atoms with Crippen LogP contribution in [0.2, 0.25) is 0 Å². The Bertz CT molecular complexity index is 2110. The minimum Gasteiger partial charge on any atom is -0.456 e. The molecule has 0 aromatic heterocycles. The lowest BCUT2D eigenvalue weighted by Gasteiger charge is -2.67. The molecule has 322 valence electrons. The van der Waals surface area contributed by atoms with E-state index in [1.54, 1.807) is 82.3 Å². The number of carbonyl (C=O) groups is 6. The topological polar surface area (TPSA) is 221 Å². The second-order valence-corrected chi connectivity index (χ2v) is 17.0. The number of hydrogen-bond donors (Lipinski definition) is 4. The van der Waals surface area contributed by atoms with Gasteiger partial charge in [0.1, 0.15) is 23.9 Å². The number of hydrogen-bond acceptors (Lipinski definition) is 14. The molecule has 2 aromatic rings. The Morgan fingerprint density at radius 3 is 2.08 bits per heavy atom. The number of ketones is 1. The summed E-state index contributed by atoms with van der Waals surface area (Å²) >= 11 is 0. The maximum absolute atomic E-state index is 15.4. The molecule has 15 heteroatoms. The molecule has 3 fully saturated rings. The molecule has 0 spiro atoms. The van der Waals surface area contributed by atoms with Gasteiger partial charge < -0.3 is 44.3 Å². The number of allylic oxidation sites excluding steroid dienone is 1. The molecule has 4 N–H and O–H groups in total. The fourth-order valence-electron chi connectivity index (χ4n) is 9.75. The van der Waals surface area contributed by atoms with Gasteiger partial charge in [0, 0.05) is 37.7 Å². The molecule has 2 saturated carbocycles. The molecule has 4 unspecified atom stereocenters. The summed E-state index contributed by atoms with van der Waals surface area (Å²) in [6.07, 6.45) is -8.88. The first-order valence-corrected chi connectivity index (χ1v) is 19.9. The summed E-state index contributed by atoms with van der Waals surface area (Å²) in [5.41, 5.74) is -6.91. The molecular weight excluding hydrogens is 778 g/mol. The van der Waals surface area contributed by atoms with Gasteiger partial charge in [0.15, 0.2) is 23.6 Å². The molecule has 1 amide bonds. The first-order valence-electron chi connectivity index (χ1n) is 19.9. The molecule has 1 heterocycles. The predicted molar refractivity (Wildman–Crippen MR) is 211 cm³/mol. The van der Waals surface area contributed by atoms with Gasteiger partial charge in [-0.3, -0.25) is 19.2 Å². The molecule has 15 nitrogen and oxygen atoms in total. The van der Waals surface area contributed by atoms with Crippen LogP contribution in [0.4, 0.5) is 0 Å². The maximum atomic E-state index is 15.4. The number of carbonyl (C=O) groups excluding carboxylic acids is 6. The second-order valence-electron chi connectivity index (χ2n) is 17.0. The van der Waals surface area contributed by atoms with Crippen molar-refractivity contribution in [1.82, 2.24) is 5.32 Å². The molecule has 6 rings (SSSR count). The Kier molecular flexibility index (Phi) is 12.1. The number of benzene rings is 2. The van der Waals surface area contributed by atoms with Crippen molar-refractivity contribution in [2.24, 2.45) is 16.7 Å². The fraction of sp³-hybridized carbons (Fsp3) is 0.511. The summed E-state index contributed by atoms with van der Waals surface area (Å²) in [5.74, 6) is -6.78. The lowest BCUT2D eigenvalue weighted by atomic mass is 9.44. The highest BCUT2D eigenvalue weighted by atomic mass is 16.6. The Hall–Kier alpha value is -5.22. The van der Waals surface area contributed by atoms with Crippen LogP contribution in [0.15, 0.2) is 83.5 Å². The standard InChI is InChI=1S/C45H53NO14/c1-9-23(2)39(52)46-33(27-16-12-10-13-17-27)34(50)41(54)58-29-21-45(55)38(59-40(53)28-18-14-11-15-19-28)36-43(8,30(49)20-31-44(36,22-56-31)60-26(5)48)37(51)35(57-25(4)47)32(24(29)3)42(45,6)7/h9-19,29-31,33-36,38,49-50,55H,20-22H2,1-8H3,(H,46,52)/t29-,30-,31?,33?,34?,35+,36?,38-,43+,44-,45+/m0/s1. The van der Waals surface area contributed by atoms with Gasteiger partial charge in [0.25, 0.3) is 0 Å². The summed E-state index contributed by atoms with van der Waals surface area (Å²) in [4.78, 5) is 82.9. The number of rotatable bonds is 10. The number of nitrogens with one attached hydrogen (secondary N) is 1. The average molecular weight is 832 g/mol. The van der Waals surface area contributed by atoms with Crippen molar-refractivity contribution in [2.75, 3.05) is 6.61 Å². The number of aliphatic hydroxyl groups is 3. The zero-order chi connectivity index (χ0) is 44.1.